The van der Waals surface area contributed by atoms with Gasteiger partial charge in [0.05, 0.1) is 27.8 Å². The summed E-state index contributed by atoms with van der Waals surface area (Å²) in [5, 5.41) is 7.24. The van der Waals surface area contributed by atoms with Crippen LogP contribution < -0.4 is 0 Å². The monoisotopic (exact) mass is 965 g/mol. The molecule has 0 spiro atoms. The number of rotatable bonds is 8. The van der Waals surface area contributed by atoms with Crippen molar-refractivity contribution in [1.82, 2.24) is 14.5 Å². The molecule has 0 N–H and O–H groups in total. The van der Waals surface area contributed by atoms with Gasteiger partial charge >= 0.3 is 0 Å². The topological polar surface area (TPSA) is 30.7 Å². The van der Waals surface area contributed by atoms with Gasteiger partial charge in [-0.1, -0.05) is 237 Å². The molecular weight excluding hydrogens is 919 g/mol. The van der Waals surface area contributed by atoms with E-state index >= 15 is 0 Å². The number of hydrogen-bond donors (Lipinski definition) is 0. The van der Waals surface area contributed by atoms with E-state index in [1.165, 1.54) is 76.8 Å². The molecule has 2 heterocycles. The van der Waals surface area contributed by atoms with E-state index in [0.717, 1.165) is 55.9 Å². The molecule has 2 aromatic heterocycles. The number of hydrogen-bond acceptors (Lipinski definition) is 2. The van der Waals surface area contributed by atoms with E-state index in [4.69, 9.17) is 9.97 Å². The summed E-state index contributed by atoms with van der Waals surface area (Å²) in [5.41, 5.74) is 19.4. The number of aromatic nitrogens is 3. The normalized spacial score (nSPS) is 12.6. The highest BCUT2D eigenvalue weighted by Crippen LogP contribution is 2.57. The van der Waals surface area contributed by atoms with Crippen LogP contribution in [0.1, 0.15) is 22.3 Å². The van der Waals surface area contributed by atoms with Crippen molar-refractivity contribution in [1.29, 1.82) is 0 Å². The van der Waals surface area contributed by atoms with Crippen LogP contribution in [0.5, 0.6) is 0 Å². The number of para-hydroxylation sites is 1. The third-order valence-corrected chi connectivity index (χ3v) is 15.8. The van der Waals surface area contributed by atoms with Crippen LogP contribution in [-0.2, 0) is 5.41 Å². The molecule has 3 nitrogen and oxygen atoms in total. The van der Waals surface area contributed by atoms with Crippen molar-refractivity contribution in [2.45, 2.75) is 5.41 Å². The van der Waals surface area contributed by atoms with Crippen molar-refractivity contribution in [3.05, 3.63) is 307 Å². The second kappa shape index (κ2) is 17.6. The molecule has 0 atom stereocenters. The summed E-state index contributed by atoms with van der Waals surface area (Å²) in [7, 11) is 0. The molecule has 0 aliphatic heterocycles. The third-order valence-electron chi connectivity index (χ3n) is 15.8. The quantitative estimate of drug-likeness (QED) is 0.142. The molecule has 76 heavy (non-hydrogen) atoms. The molecule has 0 bridgehead atoms. The first-order valence-electron chi connectivity index (χ1n) is 26.1. The van der Waals surface area contributed by atoms with E-state index in [-0.39, 0.29) is 0 Å². The van der Waals surface area contributed by atoms with Gasteiger partial charge in [-0.3, -0.25) is 0 Å². The molecule has 1 aliphatic rings. The lowest BCUT2D eigenvalue weighted by molar-refractivity contribution is 0.768. The summed E-state index contributed by atoms with van der Waals surface area (Å²) in [5.74, 6) is 0.649. The fourth-order valence-electron chi connectivity index (χ4n) is 12.5. The highest BCUT2D eigenvalue weighted by atomic mass is 15.0. The fraction of sp³-hybridized carbons (Fsp3) is 0.0137. The maximum atomic E-state index is 5.69. The maximum Gasteiger partial charge on any atom is 0.160 e. The average Bonchev–Trinajstić information content (AvgIpc) is 4.18. The molecule has 3 heteroatoms. The lowest BCUT2D eigenvalue weighted by Gasteiger charge is -2.34. The van der Waals surface area contributed by atoms with Crippen molar-refractivity contribution >= 4 is 43.4 Å². The number of benzene rings is 12. The SMILES string of the molecule is c1ccc(-c2ccc3c4ccccc4n(-c4cc(-c5nc(-c6ccccc6)cc(-c6ccc7c(c6)C(c6ccccc6)(c6ccccc6)c6ccccc6-7)n5)cc(-c5cc6ccccc6c6ccccc56)c4)c3c2)cc1. The van der Waals surface area contributed by atoms with E-state index in [1.807, 2.05) is 0 Å². The highest BCUT2D eigenvalue weighted by Gasteiger charge is 2.46. The lowest BCUT2D eigenvalue weighted by atomic mass is 9.67. The van der Waals surface area contributed by atoms with Gasteiger partial charge in [-0.25, -0.2) is 9.97 Å². The van der Waals surface area contributed by atoms with Gasteiger partial charge in [0.15, 0.2) is 5.82 Å². The first-order valence-corrected chi connectivity index (χ1v) is 26.1. The number of nitrogens with zero attached hydrogens (tertiary/aromatic N) is 3. The molecule has 15 rings (SSSR count). The molecule has 0 saturated heterocycles. The van der Waals surface area contributed by atoms with Gasteiger partial charge in [0.2, 0.25) is 0 Å². The molecule has 0 saturated carbocycles. The summed E-state index contributed by atoms with van der Waals surface area (Å²) >= 11 is 0. The largest absolute Gasteiger partial charge is 0.309 e. The molecule has 0 amide bonds. The van der Waals surface area contributed by atoms with Crippen molar-refractivity contribution in [2.75, 3.05) is 0 Å². The van der Waals surface area contributed by atoms with Gasteiger partial charge in [-0.05, 0) is 126 Å². The standard InChI is InChI=1S/C73H47N3/c1-5-21-48(22-6-1)50-37-40-64-63-34-18-20-36-70(63)76(71(64)46-50)57-42-53(65-44-51-25-13-14-30-58(51)59-31-15-16-32-60(59)65)41-54(43-57)72-74-68(49-23-7-2-8-24-49)47-69(75-72)52-38-39-62-61-33-17-19-35-66(61)73(67(62)45-52,55-26-9-3-10-27-55)56-28-11-4-12-29-56/h1-47H. The van der Waals surface area contributed by atoms with Crippen molar-refractivity contribution in [3.63, 3.8) is 0 Å². The van der Waals surface area contributed by atoms with Crippen molar-refractivity contribution in [3.8, 4) is 73.0 Å². The maximum absolute atomic E-state index is 5.69. The predicted molar refractivity (Wildman–Crippen MR) is 316 cm³/mol. The summed E-state index contributed by atoms with van der Waals surface area (Å²) in [6, 6.07) is 104. The molecule has 12 aromatic carbocycles. The van der Waals surface area contributed by atoms with E-state index in [0.29, 0.717) is 5.82 Å². The van der Waals surface area contributed by atoms with Crippen LogP contribution in [0.4, 0.5) is 0 Å². The molecular formula is C73H47N3. The molecule has 1 aliphatic carbocycles. The Labute approximate surface area is 441 Å². The minimum absolute atomic E-state index is 0.558. The van der Waals surface area contributed by atoms with Crippen LogP contribution in [-0.4, -0.2) is 14.5 Å². The van der Waals surface area contributed by atoms with Crippen LogP contribution in [0.3, 0.4) is 0 Å². The van der Waals surface area contributed by atoms with Crippen LogP contribution in [0.2, 0.25) is 0 Å². The average molecular weight is 966 g/mol. The minimum atomic E-state index is -0.558. The zero-order valence-electron chi connectivity index (χ0n) is 41.5. The smallest absolute Gasteiger partial charge is 0.160 e. The number of fused-ring (bicyclic) bond motifs is 9. The molecule has 0 fully saturated rings. The van der Waals surface area contributed by atoms with Crippen molar-refractivity contribution < 1.29 is 0 Å². The van der Waals surface area contributed by atoms with E-state index < -0.39 is 5.41 Å². The van der Waals surface area contributed by atoms with Crippen molar-refractivity contribution in [2.24, 2.45) is 0 Å². The summed E-state index contributed by atoms with van der Waals surface area (Å²) in [4.78, 5) is 11.3. The zero-order chi connectivity index (χ0) is 50.2. The predicted octanol–water partition coefficient (Wildman–Crippen LogP) is 18.6. The van der Waals surface area contributed by atoms with Crippen LogP contribution in [0, 0.1) is 0 Å². The minimum Gasteiger partial charge on any atom is -0.309 e. The Hall–Kier alpha value is -9.96. The second-order valence-corrected chi connectivity index (χ2v) is 20.0. The van der Waals surface area contributed by atoms with Gasteiger partial charge in [0, 0.05) is 33.2 Å². The van der Waals surface area contributed by atoms with E-state index in [9.17, 15) is 0 Å². The second-order valence-electron chi connectivity index (χ2n) is 20.0. The molecule has 0 unspecified atom stereocenters. The van der Waals surface area contributed by atoms with E-state index in [1.54, 1.807) is 0 Å². The van der Waals surface area contributed by atoms with E-state index in [2.05, 4.69) is 290 Å². The Morgan fingerprint density at radius 1 is 0.276 bits per heavy atom. The van der Waals surface area contributed by atoms with Gasteiger partial charge in [0.1, 0.15) is 0 Å². The van der Waals surface area contributed by atoms with Gasteiger partial charge in [-0.15, -0.1) is 0 Å². The molecule has 354 valence electrons. The first-order chi connectivity index (χ1) is 37.7. The van der Waals surface area contributed by atoms with Crippen LogP contribution >= 0.6 is 0 Å². The lowest BCUT2D eigenvalue weighted by Crippen LogP contribution is -2.28. The van der Waals surface area contributed by atoms with Gasteiger partial charge in [0.25, 0.3) is 0 Å². The Balaban J connectivity index is 1.01. The Morgan fingerprint density at radius 3 is 1.58 bits per heavy atom. The Morgan fingerprint density at radius 2 is 0.829 bits per heavy atom. The Kier molecular flexibility index (Phi) is 10.1. The first kappa shape index (κ1) is 43.6. The summed E-state index contributed by atoms with van der Waals surface area (Å²) in [6.07, 6.45) is 0. The van der Waals surface area contributed by atoms with Crippen LogP contribution in [0.25, 0.3) is 116 Å². The third kappa shape index (κ3) is 6.90. The summed E-state index contributed by atoms with van der Waals surface area (Å²) < 4.78 is 2.44. The van der Waals surface area contributed by atoms with Gasteiger partial charge in [-0.2, -0.15) is 0 Å². The molecule has 0 radical (unpaired) electrons. The highest BCUT2D eigenvalue weighted by molar-refractivity contribution is 6.14. The zero-order valence-corrected chi connectivity index (χ0v) is 41.5. The summed E-state index contributed by atoms with van der Waals surface area (Å²) in [6.45, 7) is 0. The van der Waals surface area contributed by atoms with Crippen LogP contribution in [0.15, 0.2) is 285 Å². The Bertz CT molecular complexity index is 4520. The molecule has 14 aromatic rings. The van der Waals surface area contributed by atoms with Gasteiger partial charge < -0.3 is 4.57 Å². The fourth-order valence-corrected chi connectivity index (χ4v) is 12.5.